The van der Waals surface area contributed by atoms with Gasteiger partial charge in [0.25, 0.3) is 5.91 Å². The fraction of sp³-hybridized carbons (Fsp3) is 0.227. The van der Waals surface area contributed by atoms with Crippen LogP contribution in [0.25, 0.3) is 11.0 Å². The van der Waals surface area contributed by atoms with E-state index in [-0.39, 0.29) is 11.7 Å². The zero-order valence-corrected chi connectivity index (χ0v) is 18.0. The van der Waals surface area contributed by atoms with Gasteiger partial charge in [0.2, 0.25) is 0 Å². The Labute approximate surface area is 184 Å². The third-order valence-corrected chi connectivity index (χ3v) is 4.57. The Morgan fingerprint density at radius 2 is 1.94 bits per heavy atom. The number of anilines is 1. The molecule has 0 aliphatic rings. The van der Waals surface area contributed by atoms with Gasteiger partial charge in [-0.15, -0.1) is 0 Å². The number of fused-ring (bicyclic) bond motifs is 1. The topological polar surface area (TPSA) is 102 Å². The number of aryl methyl sites for hydroxylation is 1. The standard InChI is InChI=1S/C22H23N3O5S/c1-3-6-14-11-21(27)30-19-12-15(9-10-16(14)19)29-13-20(26)24-25-22(31)23-17-7-4-5-8-18(17)28-2/h4-5,7-12H,3,6,13H2,1-2H3,(H,24,26)(H2,23,25,31). The van der Waals surface area contributed by atoms with Crippen molar-refractivity contribution in [3.63, 3.8) is 0 Å². The van der Waals surface area contributed by atoms with Crippen LogP contribution in [0.2, 0.25) is 0 Å². The number of thiocarbonyl (C=S) groups is 1. The predicted octanol–water partition coefficient (Wildman–Crippen LogP) is 3.15. The summed E-state index contributed by atoms with van der Waals surface area (Å²) in [5, 5.41) is 3.97. The normalized spacial score (nSPS) is 10.4. The summed E-state index contributed by atoms with van der Waals surface area (Å²) < 4.78 is 16.0. The highest BCUT2D eigenvalue weighted by Crippen LogP contribution is 2.24. The van der Waals surface area contributed by atoms with Crippen LogP contribution in [0, 0.1) is 0 Å². The Hall–Kier alpha value is -3.59. The molecule has 0 aliphatic carbocycles. The Bertz CT molecular complexity index is 1150. The van der Waals surface area contributed by atoms with Crippen molar-refractivity contribution < 1.29 is 18.7 Å². The molecule has 0 fully saturated rings. The number of carbonyl (C=O) groups is 1. The van der Waals surface area contributed by atoms with E-state index in [0.29, 0.717) is 22.8 Å². The van der Waals surface area contributed by atoms with E-state index in [1.54, 1.807) is 31.4 Å². The first-order valence-electron chi connectivity index (χ1n) is 9.68. The van der Waals surface area contributed by atoms with Crippen LogP contribution in [0.1, 0.15) is 18.9 Å². The van der Waals surface area contributed by atoms with Gasteiger partial charge in [0, 0.05) is 17.5 Å². The summed E-state index contributed by atoms with van der Waals surface area (Å²) in [6.45, 7) is 1.79. The largest absolute Gasteiger partial charge is 0.495 e. The number of ether oxygens (including phenoxy) is 2. The molecule has 0 bridgehead atoms. The van der Waals surface area contributed by atoms with Crippen LogP contribution in [0.5, 0.6) is 11.5 Å². The zero-order valence-electron chi connectivity index (χ0n) is 17.2. The summed E-state index contributed by atoms with van der Waals surface area (Å²) in [5.74, 6) is 0.589. The fourth-order valence-corrected chi connectivity index (χ4v) is 3.15. The molecule has 1 amide bonds. The lowest BCUT2D eigenvalue weighted by atomic mass is 10.1. The molecule has 8 nitrogen and oxygen atoms in total. The van der Waals surface area contributed by atoms with Gasteiger partial charge >= 0.3 is 5.63 Å². The van der Waals surface area contributed by atoms with Crippen molar-refractivity contribution in [2.24, 2.45) is 0 Å². The van der Waals surface area contributed by atoms with Crippen LogP contribution in [0.3, 0.4) is 0 Å². The summed E-state index contributed by atoms with van der Waals surface area (Å²) >= 11 is 5.16. The van der Waals surface area contributed by atoms with Crippen molar-refractivity contribution in [3.8, 4) is 11.5 Å². The lowest BCUT2D eigenvalue weighted by Crippen LogP contribution is -2.45. The van der Waals surface area contributed by atoms with Gasteiger partial charge in [-0.1, -0.05) is 25.5 Å². The Morgan fingerprint density at radius 3 is 2.71 bits per heavy atom. The monoisotopic (exact) mass is 441 g/mol. The minimum atomic E-state index is -0.439. The number of amides is 1. The van der Waals surface area contributed by atoms with E-state index in [9.17, 15) is 9.59 Å². The SMILES string of the molecule is CCCc1cc(=O)oc2cc(OCC(=O)NNC(=S)Nc3ccccc3OC)ccc12. The van der Waals surface area contributed by atoms with Crippen molar-refractivity contribution in [3.05, 3.63) is 64.5 Å². The van der Waals surface area contributed by atoms with Crippen molar-refractivity contribution >= 4 is 39.9 Å². The number of para-hydroxylation sites is 2. The quantitative estimate of drug-likeness (QED) is 0.292. The fourth-order valence-electron chi connectivity index (χ4n) is 2.99. The van der Waals surface area contributed by atoms with E-state index in [0.717, 1.165) is 23.8 Å². The second-order valence-corrected chi connectivity index (χ2v) is 7.02. The molecule has 0 radical (unpaired) electrons. The highest BCUT2D eigenvalue weighted by Gasteiger charge is 2.09. The van der Waals surface area contributed by atoms with Gasteiger partial charge < -0.3 is 19.2 Å². The van der Waals surface area contributed by atoms with Crippen LogP contribution in [-0.4, -0.2) is 24.7 Å². The van der Waals surface area contributed by atoms with Gasteiger partial charge in [0.15, 0.2) is 11.7 Å². The number of rotatable bonds is 7. The number of hydrogen-bond donors (Lipinski definition) is 3. The smallest absolute Gasteiger partial charge is 0.336 e. The van der Waals surface area contributed by atoms with Gasteiger partial charge in [-0.2, -0.15) is 0 Å². The first-order chi connectivity index (χ1) is 15.0. The Kier molecular flexibility index (Phi) is 7.45. The van der Waals surface area contributed by atoms with Gasteiger partial charge in [-0.25, -0.2) is 4.79 Å². The van der Waals surface area contributed by atoms with Crippen LogP contribution in [0.15, 0.2) is 57.7 Å². The number of hydrazine groups is 1. The number of methoxy groups -OCH3 is 1. The van der Waals surface area contributed by atoms with E-state index in [2.05, 4.69) is 16.2 Å². The molecule has 162 valence electrons. The van der Waals surface area contributed by atoms with E-state index in [1.807, 2.05) is 25.1 Å². The molecule has 3 rings (SSSR count). The molecule has 0 saturated heterocycles. The first-order valence-corrected chi connectivity index (χ1v) is 10.1. The number of hydrogen-bond acceptors (Lipinski definition) is 6. The highest BCUT2D eigenvalue weighted by atomic mass is 32.1. The molecular weight excluding hydrogens is 418 g/mol. The second kappa shape index (κ2) is 10.4. The van der Waals surface area contributed by atoms with E-state index in [1.165, 1.54) is 6.07 Å². The van der Waals surface area contributed by atoms with Crippen LogP contribution in [0.4, 0.5) is 5.69 Å². The average molecular weight is 442 g/mol. The number of nitrogens with one attached hydrogen (secondary N) is 3. The molecule has 0 atom stereocenters. The third kappa shape index (κ3) is 5.95. The van der Waals surface area contributed by atoms with E-state index in [4.69, 9.17) is 26.1 Å². The molecule has 0 unspecified atom stereocenters. The van der Waals surface area contributed by atoms with Crippen LogP contribution >= 0.6 is 12.2 Å². The summed E-state index contributed by atoms with van der Waals surface area (Å²) in [6, 6.07) is 13.9. The van der Waals surface area contributed by atoms with Crippen molar-refractivity contribution in [1.29, 1.82) is 0 Å². The predicted molar refractivity (Wildman–Crippen MR) is 122 cm³/mol. The molecule has 31 heavy (non-hydrogen) atoms. The summed E-state index contributed by atoms with van der Waals surface area (Å²) in [5.41, 5.74) is 6.66. The molecule has 0 spiro atoms. The molecule has 3 N–H and O–H groups in total. The Morgan fingerprint density at radius 1 is 1.13 bits per heavy atom. The van der Waals surface area contributed by atoms with Gasteiger partial charge in [0.05, 0.1) is 12.8 Å². The maximum absolute atomic E-state index is 12.1. The average Bonchev–Trinajstić information content (AvgIpc) is 2.76. The Balaban J connectivity index is 1.54. The van der Waals surface area contributed by atoms with Crippen molar-refractivity contribution in [2.75, 3.05) is 19.0 Å². The van der Waals surface area contributed by atoms with Crippen molar-refractivity contribution in [2.45, 2.75) is 19.8 Å². The molecule has 2 aromatic carbocycles. The lowest BCUT2D eigenvalue weighted by Gasteiger charge is -2.14. The molecule has 9 heteroatoms. The highest BCUT2D eigenvalue weighted by molar-refractivity contribution is 7.80. The first kappa shape index (κ1) is 22.1. The van der Waals surface area contributed by atoms with Crippen LogP contribution in [-0.2, 0) is 11.2 Å². The maximum Gasteiger partial charge on any atom is 0.336 e. The molecule has 0 saturated carbocycles. The van der Waals surface area contributed by atoms with Crippen LogP contribution < -0.4 is 31.3 Å². The van der Waals surface area contributed by atoms with Crippen molar-refractivity contribution in [1.82, 2.24) is 10.9 Å². The van der Waals surface area contributed by atoms with Gasteiger partial charge in [-0.3, -0.25) is 15.6 Å². The van der Waals surface area contributed by atoms with Gasteiger partial charge in [0.1, 0.15) is 17.1 Å². The lowest BCUT2D eigenvalue weighted by molar-refractivity contribution is -0.123. The summed E-state index contributed by atoms with van der Waals surface area (Å²) in [4.78, 5) is 23.8. The molecule has 3 aromatic rings. The minimum absolute atomic E-state index is 0.189. The molecule has 1 aromatic heterocycles. The van der Waals surface area contributed by atoms with E-state index >= 15 is 0 Å². The zero-order chi connectivity index (χ0) is 22.2. The van der Waals surface area contributed by atoms with E-state index < -0.39 is 11.5 Å². The molecule has 0 aliphatic heterocycles. The number of benzene rings is 2. The summed E-state index contributed by atoms with van der Waals surface area (Å²) in [6.07, 6.45) is 1.69. The third-order valence-electron chi connectivity index (χ3n) is 4.36. The molecular formula is C22H23N3O5S. The second-order valence-electron chi connectivity index (χ2n) is 6.61. The maximum atomic E-state index is 12.1. The van der Waals surface area contributed by atoms with Gasteiger partial charge in [-0.05, 0) is 48.5 Å². The molecule has 1 heterocycles. The summed E-state index contributed by atoms with van der Waals surface area (Å²) in [7, 11) is 1.55. The number of carbonyl (C=O) groups excluding carboxylic acids is 1. The minimum Gasteiger partial charge on any atom is -0.495 e.